The van der Waals surface area contributed by atoms with Crippen molar-refractivity contribution in [2.75, 3.05) is 20.2 Å². The zero-order chi connectivity index (χ0) is 32.7. The molecule has 11 heteroatoms. The second kappa shape index (κ2) is 12.5. The average molecular weight is 656 g/mol. The molecule has 0 aliphatic carbocycles. The maximum absolute atomic E-state index is 14.3. The van der Waals surface area contributed by atoms with E-state index >= 15 is 0 Å². The van der Waals surface area contributed by atoms with Crippen LogP contribution in [-0.4, -0.2) is 46.6 Å². The van der Waals surface area contributed by atoms with Crippen LogP contribution in [0.2, 0.25) is 5.02 Å². The molecular formula is C35H30ClN3O6S. The fourth-order valence-corrected chi connectivity index (χ4v) is 7.07. The van der Waals surface area contributed by atoms with Crippen LogP contribution in [0.25, 0.3) is 28.2 Å². The summed E-state index contributed by atoms with van der Waals surface area (Å²) in [4.78, 5) is 47.0. The number of carbonyl (C=O) groups is 2. The number of likely N-dealkylation sites (N-methyl/N-ethyl adjacent to an activating group) is 1. The van der Waals surface area contributed by atoms with Crippen molar-refractivity contribution in [3.05, 3.63) is 120 Å². The van der Waals surface area contributed by atoms with Crippen LogP contribution in [0.5, 0.6) is 5.75 Å². The highest BCUT2D eigenvalue weighted by Crippen LogP contribution is 2.40. The number of aromatic carboxylic acids is 1. The van der Waals surface area contributed by atoms with Crippen LogP contribution in [0.4, 0.5) is 0 Å². The molecular weight excluding hydrogens is 626 g/mol. The number of hydrogen-bond donors (Lipinski definition) is 1. The number of thiazole rings is 1. The van der Waals surface area contributed by atoms with Gasteiger partial charge in [-0.25, -0.2) is 9.79 Å². The fourth-order valence-electron chi connectivity index (χ4n) is 5.84. The molecule has 0 bridgehead atoms. The number of carbonyl (C=O) groups excluding carboxylic acids is 1. The quantitative estimate of drug-likeness (QED) is 0.223. The number of allylic oxidation sites excluding steroid dienone is 1. The van der Waals surface area contributed by atoms with Crippen molar-refractivity contribution in [3.8, 4) is 17.1 Å². The van der Waals surface area contributed by atoms with Crippen molar-refractivity contribution in [1.29, 1.82) is 0 Å². The summed E-state index contributed by atoms with van der Waals surface area (Å²) in [7, 11) is 1.58. The van der Waals surface area contributed by atoms with E-state index in [9.17, 15) is 19.5 Å². The SMILES string of the molecule is CCN(CC)C(=O)C1=C(C)N=c2s/c(=C/c3ccc(-c4ccc(Cl)c(C(=O)O)c4)o3)c(=O)n2[C@@H]1c1c(OC)ccc2ccccc12. The molecule has 0 saturated carbocycles. The predicted molar refractivity (Wildman–Crippen MR) is 178 cm³/mol. The molecule has 0 radical (unpaired) electrons. The number of amides is 1. The van der Waals surface area contributed by atoms with Gasteiger partial charge in [-0.1, -0.05) is 53.3 Å². The number of halogens is 1. The van der Waals surface area contributed by atoms with Gasteiger partial charge in [0.2, 0.25) is 0 Å². The standard InChI is InChI=1S/C35H30ClN3O6S/c1-5-38(6-2)33(41)29-19(3)37-35-39(31(29)30-23-10-8-7-9-20(23)12-15-27(30)44-4)32(40)28(46-35)18-22-13-16-26(45-22)21-11-14-25(36)24(17-21)34(42)43/h7-18,31H,5-6H2,1-4H3,(H,42,43)/b28-18+/t31-/m0/s1. The number of carboxylic acid groups (broad SMARTS) is 1. The summed E-state index contributed by atoms with van der Waals surface area (Å²) < 4.78 is 13.8. The van der Waals surface area contributed by atoms with E-state index in [-0.39, 0.29) is 22.1 Å². The van der Waals surface area contributed by atoms with Gasteiger partial charge in [-0.05, 0) is 67.9 Å². The lowest BCUT2D eigenvalue weighted by atomic mass is 9.90. The average Bonchev–Trinajstić information content (AvgIpc) is 3.64. The number of carboxylic acids is 1. The second-order valence-corrected chi connectivity index (χ2v) is 12.1. The maximum Gasteiger partial charge on any atom is 0.337 e. The van der Waals surface area contributed by atoms with Crippen molar-refractivity contribution in [1.82, 2.24) is 9.47 Å². The predicted octanol–water partition coefficient (Wildman–Crippen LogP) is 5.88. The van der Waals surface area contributed by atoms with Crippen LogP contribution in [0.1, 0.15) is 48.5 Å². The first-order valence-electron chi connectivity index (χ1n) is 14.7. The first-order chi connectivity index (χ1) is 22.2. The molecule has 0 saturated heterocycles. The van der Waals surface area contributed by atoms with Gasteiger partial charge in [0.1, 0.15) is 23.3 Å². The van der Waals surface area contributed by atoms with Crippen LogP contribution in [0.3, 0.4) is 0 Å². The number of methoxy groups -OCH3 is 1. The molecule has 1 N–H and O–H groups in total. The monoisotopic (exact) mass is 655 g/mol. The number of benzene rings is 3. The first kappa shape index (κ1) is 31.1. The smallest absolute Gasteiger partial charge is 0.337 e. The molecule has 0 unspecified atom stereocenters. The molecule has 234 valence electrons. The van der Waals surface area contributed by atoms with Crippen molar-refractivity contribution in [2.45, 2.75) is 26.8 Å². The minimum absolute atomic E-state index is 0.0419. The molecule has 46 heavy (non-hydrogen) atoms. The summed E-state index contributed by atoms with van der Waals surface area (Å²) in [6.45, 7) is 6.64. The summed E-state index contributed by atoms with van der Waals surface area (Å²) >= 11 is 7.24. The van der Waals surface area contributed by atoms with Gasteiger partial charge < -0.3 is 19.2 Å². The lowest BCUT2D eigenvalue weighted by Gasteiger charge is -2.30. The third-order valence-electron chi connectivity index (χ3n) is 8.11. The van der Waals surface area contributed by atoms with E-state index in [0.717, 1.165) is 10.8 Å². The van der Waals surface area contributed by atoms with Crippen molar-refractivity contribution in [2.24, 2.45) is 4.99 Å². The van der Waals surface area contributed by atoms with Crippen LogP contribution in [-0.2, 0) is 4.79 Å². The summed E-state index contributed by atoms with van der Waals surface area (Å²) in [5.74, 6) is 0.0180. The van der Waals surface area contributed by atoms with E-state index in [1.807, 2.05) is 50.2 Å². The van der Waals surface area contributed by atoms with Crippen molar-refractivity contribution in [3.63, 3.8) is 0 Å². The van der Waals surface area contributed by atoms with E-state index in [1.165, 1.54) is 23.5 Å². The number of nitrogens with zero attached hydrogens (tertiary/aromatic N) is 3. The molecule has 5 aromatic rings. The van der Waals surface area contributed by atoms with Crippen molar-refractivity contribution >= 4 is 51.7 Å². The van der Waals surface area contributed by atoms with Gasteiger partial charge in [0.05, 0.1) is 33.5 Å². The van der Waals surface area contributed by atoms with E-state index < -0.39 is 12.0 Å². The minimum atomic E-state index is -1.15. The van der Waals surface area contributed by atoms with Crippen LogP contribution in [0, 0.1) is 0 Å². The molecule has 2 aromatic heterocycles. The van der Waals surface area contributed by atoms with Gasteiger partial charge in [-0.3, -0.25) is 14.2 Å². The first-order valence-corrected chi connectivity index (χ1v) is 15.9. The van der Waals surface area contributed by atoms with E-state index in [0.29, 0.717) is 62.1 Å². The Morgan fingerprint density at radius 2 is 1.87 bits per heavy atom. The molecule has 1 atom stereocenters. The fraction of sp³-hybridized carbons (Fsp3) is 0.200. The number of ether oxygens (including phenoxy) is 1. The Kier molecular flexibility index (Phi) is 8.41. The highest BCUT2D eigenvalue weighted by molar-refractivity contribution is 7.07. The zero-order valence-electron chi connectivity index (χ0n) is 25.5. The molecule has 9 nitrogen and oxygen atoms in total. The summed E-state index contributed by atoms with van der Waals surface area (Å²) in [5, 5.41) is 11.4. The number of aromatic nitrogens is 1. The molecule has 6 rings (SSSR count). The molecule has 1 aliphatic rings. The number of rotatable bonds is 8. The third kappa shape index (κ3) is 5.33. The van der Waals surface area contributed by atoms with Gasteiger partial charge in [0.15, 0.2) is 4.80 Å². The maximum atomic E-state index is 14.3. The van der Waals surface area contributed by atoms with Crippen molar-refractivity contribution < 1.29 is 23.8 Å². The Morgan fingerprint density at radius 1 is 1.11 bits per heavy atom. The molecule has 1 aliphatic heterocycles. The Morgan fingerprint density at radius 3 is 2.59 bits per heavy atom. The Labute approximate surface area is 272 Å². The molecule has 1 amide bonds. The summed E-state index contributed by atoms with van der Waals surface area (Å²) in [6, 6.07) is 18.8. The van der Waals surface area contributed by atoms with Gasteiger partial charge in [-0.2, -0.15) is 0 Å². The molecule has 3 heterocycles. The molecule has 0 spiro atoms. The van der Waals surface area contributed by atoms with Gasteiger partial charge in [0, 0.05) is 30.3 Å². The number of hydrogen-bond acceptors (Lipinski definition) is 7. The van der Waals surface area contributed by atoms with Gasteiger partial charge in [0.25, 0.3) is 11.5 Å². The molecule has 3 aromatic carbocycles. The lowest BCUT2D eigenvalue weighted by Crippen LogP contribution is -2.43. The third-order valence-corrected chi connectivity index (χ3v) is 9.42. The molecule has 0 fully saturated rings. The topological polar surface area (TPSA) is 114 Å². The van der Waals surface area contributed by atoms with E-state index in [1.54, 1.807) is 47.8 Å². The van der Waals surface area contributed by atoms with Crippen LogP contribution >= 0.6 is 22.9 Å². The minimum Gasteiger partial charge on any atom is -0.496 e. The van der Waals surface area contributed by atoms with Gasteiger partial charge >= 0.3 is 5.97 Å². The summed E-state index contributed by atoms with van der Waals surface area (Å²) in [6.07, 6.45) is 1.63. The highest BCUT2D eigenvalue weighted by atomic mass is 35.5. The zero-order valence-corrected chi connectivity index (χ0v) is 27.1. The Bertz CT molecular complexity index is 2240. The van der Waals surface area contributed by atoms with E-state index in [2.05, 4.69) is 0 Å². The number of furan rings is 1. The number of fused-ring (bicyclic) bond motifs is 2. The second-order valence-electron chi connectivity index (χ2n) is 10.7. The van der Waals surface area contributed by atoms with Gasteiger partial charge in [-0.15, -0.1) is 0 Å². The normalized spacial score (nSPS) is 14.7. The highest BCUT2D eigenvalue weighted by Gasteiger charge is 2.36. The largest absolute Gasteiger partial charge is 0.496 e. The van der Waals surface area contributed by atoms with E-state index in [4.69, 9.17) is 25.7 Å². The summed E-state index contributed by atoms with van der Waals surface area (Å²) in [5.41, 5.74) is 1.80. The Balaban J connectivity index is 1.55. The lowest BCUT2D eigenvalue weighted by molar-refractivity contribution is -0.127. The van der Waals surface area contributed by atoms with Crippen LogP contribution < -0.4 is 19.6 Å². The Hall–Kier alpha value is -4.93. The van der Waals surface area contributed by atoms with Crippen LogP contribution in [0.15, 0.2) is 92.2 Å².